The van der Waals surface area contributed by atoms with Crippen molar-refractivity contribution in [3.8, 4) is 0 Å². The molecule has 0 heterocycles. The minimum Gasteiger partial charge on any atom is -0.478 e. The average molecular weight is 338 g/mol. The van der Waals surface area contributed by atoms with Crippen LogP contribution in [0.15, 0.2) is 41.3 Å². The molecule has 2 aromatic carbocycles. The summed E-state index contributed by atoms with van der Waals surface area (Å²) in [4.78, 5) is 10.7. The predicted molar refractivity (Wildman–Crippen MR) is 85.0 cm³/mol. The van der Waals surface area contributed by atoms with Gasteiger partial charge in [-0.3, -0.25) is 0 Å². The fourth-order valence-electron chi connectivity index (χ4n) is 1.72. The number of nitrogens with one attached hydrogen (secondary N) is 1. The SMILES string of the molecule is Nc1ccc(N)c(S(=O)(=O)ONc2ccc(N)c(C(=O)O)c2)c1. The topological polar surface area (TPSA) is 171 Å². The van der Waals surface area contributed by atoms with Gasteiger partial charge in [-0.05, 0) is 36.4 Å². The maximum Gasteiger partial charge on any atom is 0.337 e. The number of carboxylic acid groups (broad SMARTS) is 1. The van der Waals surface area contributed by atoms with Crippen LogP contribution >= 0.6 is 0 Å². The van der Waals surface area contributed by atoms with E-state index in [2.05, 4.69) is 9.76 Å². The third-order valence-corrected chi connectivity index (χ3v) is 4.05. The van der Waals surface area contributed by atoms with E-state index in [1.807, 2.05) is 0 Å². The van der Waals surface area contributed by atoms with Crippen molar-refractivity contribution in [1.82, 2.24) is 0 Å². The van der Waals surface area contributed by atoms with Crippen molar-refractivity contribution >= 4 is 38.8 Å². The van der Waals surface area contributed by atoms with Gasteiger partial charge in [-0.15, -0.1) is 4.28 Å². The van der Waals surface area contributed by atoms with Crippen LogP contribution in [0.5, 0.6) is 0 Å². The van der Waals surface area contributed by atoms with Gasteiger partial charge in [-0.25, -0.2) is 10.3 Å². The predicted octanol–water partition coefficient (Wildman–Crippen LogP) is 0.864. The lowest BCUT2D eigenvalue weighted by Crippen LogP contribution is -2.14. The summed E-state index contributed by atoms with van der Waals surface area (Å²) in [5.41, 5.74) is 18.9. The molecule has 9 nitrogen and oxygen atoms in total. The molecule has 0 aromatic heterocycles. The molecule has 0 aliphatic heterocycles. The third kappa shape index (κ3) is 3.62. The summed E-state index contributed by atoms with van der Waals surface area (Å²) >= 11 is 0. The van der Waals surface area contributed by atoms with Crippen LogP contribution in [0.25, 0.3) is 0 Å². The number of benzene rings is 2. The van der Waals surface area contributed by atoms with Crippen molar-refractivity contribution in [1.29, 1.82) is 0 Å². The van der Waals surface area contributed by atoms with Gasteiger partial charge in [0.15, 0.2) is 0 Å². The summed E-state index contributed by atoms with van der Waals surface area (Å²) < 4.78 is 28.9. The van der Waals surface area contributed by atoms with E-state index in [0.29, 0.717) is 0 Å². The highest BCUT2D eigenvalue weighted by Crippen LogP contribution is 2.24. The molecule has 23 heavy (non-hydrogen) atoms. The molecule has 122 valence electrons. The molecular formula is C13H14N4O5S. The van der Waals surface area contributed by atoms with Crippen molar-refractivity contribution < 1.29 is 22.6 Å². The normalized spacial score (nSPS) is 11.1. The first-order chi connectivity index (χ1) is 10.7. The van der Waals surface area contributed by atoms with Crippen LogP contribution in [-0.2, 0) is 14.4 Å². The molecule has 0 atom stereocenters. The second-order valence-electron chi connectivity index (χ2n) is 4.54. The monoisotopic (exact) mass is 338 g/mol. The average Bonchev–Trinajstić information content (AvgIpc) is 2.48. The molecule has 0 bridgehead atoms. The van der Waals surface area contributed by atoms with Crippen LogP contribution in [0.1, 0.15) is 10.4 Å². The first kappa shape index (κ1) is 16.4. The summed E-state index contributed by atoms with van der Waals surface area (Å²) in [6, 6.07) is 7.72. The van der Waals surface area contributed by atoms with Gasteiger partial charge < -0.3 is 22.3 Å². The Hall–Kier alpha value is -2.98. The minimum atomic E-state index is -4.25. The quantitative estimate of drug-likeness (QED) is 0.391. The van der Waals surface area contributed by atoms with Crippen LogP contribution in [0, 0.1) is 0 Å². The highest BCUT2D eigenvalue weighted by atomic mass is 32.2. The molecule has 0 saturated heterocycles. The molecule has 0 saturated carbocycles. The summed E-state index contributed by atoms with van der Waals surface area (Å²) in [6.07, 6.45) is 0. The highest BCUT2D eigenvalue weighted by molar-refractivity contribution is 7.87. The van der Waals surface area contributed by atoms with Gasteiger partial charge in [-0.1, -0.05) is 0 Å². The first-order valence-electron chi connectivity index (χ1n) is 6.18. The van der Waals surface area contributed by atoms with Crippen LogP contribution in [-0.4, -0.2) is 19.5 Å². The fraction of sp³-hybridized carbons (Fsp3) is 0. The molecule has 8 N–H and O–H groups in total. The van der Waals surface area contributed by atoms with E-state index in [4.69, 9.17) is 22.3 Å². The van der Waals surface area contributed by atoms with Crippen molar-refractivity contribution in [3.63, 3.8) is 0 Å². The van der Waals surface area contributed by atoms with Gasteiger partial charge >= 0.3 is 16.1 Å². The van der Waals surface area contributed by atoms with Crippen molar-refractivity contribution in [2.45, 2.75) is 4.90 Å². The molecular weight excluding hydrogens is 324 g/mol. The van der Waals surface area contributed by atoms with E-state index in [1.54, 1.807) is 0 Å². The molecule has 0 aliphatic carbocycles. The number of nitrogen functional groups attached to an aromatic ring is 3. The van der Waals surface area contributed by atoms with Gasteiger partial charge in [0.2, 0.25) is 0 Å². The van der Waals surface area contributed by atoms with E-state index in [0.717, 1.165) is 12.1 Å². The van der Waals surface area contributed by atoms with Gasteiger partial charge in [0.05, 0.1) is 16.9 Å². The second kappa shape index (κ2) is 6.02. The number of aromatic carboxylic acids is 1. The maximum atomic E-state index is 12.1. The molecule has 0 fully saturated rings. The highest BCUT2D eigenvalue weighted by Gasteiger charge is 2.20. The van der Waals surface area contributed by atoms with E-state index in [-0.39, 0.29) is 33.2 Å². The van der Waals surface area contributed by atoms with Crippen molar-refractivity contribution in [2.75, 3.05) is 22.7 Å². The van der Waals surface area contributed by atoms with Crippen LogP contribution in [0.2, 0.25) is 0 Å². The van der Waals surface area contributed by atoms with E-state index in [9.17, 15) is 13.2 Å². The summed E-state index contributed by atoms with van der Waals surface area (Å²) in [5, 5.41) is 8.97. The zero-order valence-corrected chi connectivity index (χ0v) is 12.5. The summed E-state index contributed by atoms with van der Waals surface area (Å²) in [5.74, 6) is -1.26. The largest absolute Gasteiger partial charge is 0.478 e. The number of nitrogens with two attached hydrogens (primary N) is 3. The van der Waals surface area contributed by atoms with E-state index in [1.165, 1.54) is 24.3 Å². The van der Waals surface area contributed by atoms with Gasteiger partial charge in [-0.2, -0.15) is 8.42 Å². The molecule has 0 amide bonds. The molecule has 0 spiro atoms. The number of rotatable bonds is 5. The number of carboxylic acids is 1. The lowest BCUT2D eigenvalue weighted by atomic mass is 10.1. The maximum absolute atomic E-state index is 12.1. The first-order valence-corrected chi connectivity index (χ1v) is 7.59. The standard InChI is InChI=1S/C13H14N4O5S/c14-7-1-3-11(16)12(5-7)23(20,21)22-17-8-2-4-10(15)9(6-8)13(18)19/h1-6,17H,14-16H2,(H,18,19). The van der Waals surface area contributed by atoms with Crippen LogP contribution in [0.3, 0.4) is 0 Å². The summed E-state index contributed by atoms with van der Waals surface area (Å²) in [6.45, 7) is 0. The molecule has 10 heteroatoms. The Balaban J connectivity index is 2.24. The number of anilines is 4. The fourth-order valence-corrected chi connectivity index (χ4v) is 2.65. The van der Waals surface area contributed by atoms with Crippen LogP contribution in [0.4, 0.5) is 22.7 Å². The minimum absolute atomic E-state index is 0.0333. The Bertz CT molecular complexity index is 867. The number of hydrogen-bond acceptors (Lipinski definition) is 8. The Morgan fingerprint density at radius 3 is 2.35 bits per heavy atom. The Morgan fingerprint density at radius 2 is 1.70 bits per heavy atom. The van der Waals surface area contributed by atoms with Crippen LogP contribution < -0.4 is 22.7 Å². The molecule has 2 aromatic rings. The van der Waals surface area contributed by atoms with E-state index >= 15 is 0 Å². The summed E-state index contributed by atoms with van der Waals surface area (Å²) in [7, 11) is -4.25. The van der Waals surface area contributed by atoms with Gasteiger partial charge in [0.25, 0.3) is 0 Å². The smallest absolute Gasteiger partial charge is 0.337 e. The zero-order chi connectivity index (χ0) is 17.2. The number of hydrogen-bond donors (Lipinski definition) is 5. The van der Waals surface area contributed by atoms with Gasteiger partial charge in [0, 0.05) is 11.4 Å². The van der Waals surface area contributed by atoms with Crippen molar-refractivity contribution in [3.05, 3.63) is 42.0 Å². The Labute approximate surface area is 131 Å². The molecule has 0 unspecified atom stereocenters. The zero-order valence-electron chi connectivity index (χ0n) is 11.7. The van der Waals surface area contributed by atoms with Gasteiger partial charge in [0.1, 0.15) is 4.90 Å². The lowest BCUT2D eigenvalue weighted by Gasteiger charge is -2.11. The lowest BCUT2D eigenvalue weighted by molar-refractivity contribution is 0.0698. The number of carbonyl (C=O) groups is 1. The van der Waals surface area contributed by atoms with E-state index < -0.39 is 16.1 Å². The third-order valence-electron chi connectivity index (χ3n) is 2.86. The second-order valence-corrected chi connectivity index (χ2v) is 6.06. The Morgan fingerprint density at radius 1 is 1.04 bits per heavy atom. The Kier molecular flexibility index (Phi) is 4.29. The van der Waals surface area contributed by atoms with Crippen molar-refractivity contribution in [2.24, 2.45) is 0 Å². The molecule has 0 aliphatic rings. The molecule has 2 rings (SSSR count). The molecule has 0 radical (unpaired) electrons.